The summed E-state index contributed by atoms with van der Waals surface area (Å²) < 4.78 is 0. The molecule has 5 nitrogen and oxygen atoms in total. The minimum atomic E-state index is -0.318. The van der Waals surface area contributed by atoms with Gasteiger partial charge < -0.3 is 20.9 Å². The van der Waals surface area contributed by atoms with Crippen LogP contribution in [-0.2, 0) is 6.54 Å². The van der Waals surface area contributed by atoms with Crippen molar-refractivity contribution in [3.8, 4) is 0 Å². The monoisotopic (exact) mass is 372 g/mol. The summed E-state index contributed by atoms with van der Waals surface area (Å²) in [5.41, 5.74) is 8.17. The van der Waals surface area contributed by atoms with E-state index in [2.05, 4.69) is 48.5 Å². The minimum Gasteiger partial charge on any atom is -0.351 e. The SMILES string of the molecule is CC(CC1CCCCC1)NCc1ccccc1C1CN(C)CCN1C(N)=O. The number of benzene rings is 1. The van der Waals surface area contributed by atoms with Crippen LogP contribution in [0.2, 0.25) is 0 Å². The molecule has 1 aromatic rings. The maximum atomic E-state index is 12.0. The van der Waals surface area contributed by atoms with E-state index >= 15 is 0 Å². The zero-order valence-corrected chi connectivity index (χ0v) is 17.0. The molecule has 1 aliphatic carbocycles. The van der Waals surface area contributed by atoms with Gasteiger partial charge in [0.05, 0.1) is 6.04 Å². The van der Waals surface area contributed by atoms with E-state index < -0.39 is 0 Å². The number of likely N-dealkylation sites (N-methyl/N-ethyl adjacent to an activating group) is 1. The summed E-state index contributed by atoms with van der Waals surface area (Å²) in [6.07, 6.45) is 8.27. The van der Waals surface area contributed by atoms with E-state index in [0.29, 0.717) is 12.6 Å². The molecule has 1 aliphatic heterocycles. The number of primary amides is 1. The number of rotatable bonds is 6. The van der Waals surface area contributed by atoms with Crippen molar-refractivity contribution in [3.05, 3.63) is 35.4 Å². The lowest BCUT2D eigenvalue weighted by atomic mass is 9.85. The van der Waals surface area contributed by atoms with Gasteiger partial charge in [-0.15, -0.1) is 0 Å². The van der Waals surface area contributed by atoms with Gasteiger partial charge in [0.1, 0.15) is 0 Å². The van der Waals surface area contributed by atoms with Crippen LogP contribution in [0.1, 0.15) is 62.6 Å². The first-order valence-corrected chi connectivity index (χ1v) is 10.6. The van der Waals surface area contributed by atoms with Crippen LogP contribution in [0, 0.1) is 5.92 Å². The maximum Gasteiger partial charge on any atom is 0.315 e. The lowest BCUT2D eigenvalue weighted by molar-refractivity contribution is 0.114. The smallest absolute Gasteiger partial charge is 0.315 e. The van der Waals surface area contributed by atoms with Gasteiger partial charge in [0.2, 0.25) is 0 Å². The van der Waals surface area contributed by atoms with Gasteiger partial charge in [0, 0.05) is 32.2 Å². The number of carbonyl (C=O) groups is 1. The molecule has 150 valence electrons. The molecule has 3 N–H and O–H groups in total. The van der Waals surface area contributed by atoms with E-state index in [-0.39, 0.29) is 12.1 Å². The second-order valence-corrected chi connectivity index (χ2v) is 8.53. The normalized spacial score (nSPS) is 23.3. The summed E-state index contributed by atoms with van der Waals surface area (Å²) in [6.45, 7) is 5.55. The number of hydrogen-bond donors (Lipinski definition) is 2. The summed E-state index contributed by atoms with van der Waals surface area (Å²) in [5, 5.41) is 3.73. The summed E-state index contributed by atoms with van der Waals surface area (Å²) in [7, 11) is 2.11. The van der Waals surface area contributed by atoms with E-state index in [1.54, 1.807) is 0 Å². The number of urea groups is 1. The molecule has 1 saturated heterocycles. The summed E-state index contributed by atoms with van der Waals surface area (Å²) in [5.74, 6) is 0.883. The average molecular weight is 373 g/mol. The van der Waals surface area contributed by atoms with Crippen molar-refractivity contribution in [2.24, 2.45) is 11.7 Å². The Bertz CT molecular complexity index is 614. The molecule has 2 aliphatic rings. The Morgan fingerprint density at radius 1 is 1.22 bits per heavy atom. The van der Waals surface area contributed by atoms with E-state index in [1.165, 1.54) is 49.7 Å². The fourth-order valence-electron chi connectivity index (χ4n) is 4.76. The second kappa shape index (κ2) is 9.56. The fourth-order valence-corrected chi connectivity index (χ4v) is 4.76. The van der Waals surface area contributed by atoms with Gasteiger partial charge in [-0.2, -0.15) is 0 Å². The lowest BCUT2D eigenvalue weighted by Gasteiger charge is -2.40. The number of amides is 2. The van der Waals surface area contributed by atoms with Gasteiger partial charge in [-0.05, 0) is 37.4 Å². The van der Waals surface area contributed by atoms with Gasteiger partial charge in [-0.3, -0.25) is 0 Å². The Morgan fingerprint density at radius 3 is 2.70 bits per heavy atom. The van der Waals surface area contributed by atoms with Crippen LogP contribution >= 0.6 is 0 Å². The highest BCUT2D eigenvalue weighted by Crippen LogP contribution is 2.29. The van der Waals surface area contributed by atoms with Gasteiger partial charge >= 0.3 is 6.03 Å². The van der Waals surface area contributed by atoms with Crippen molar-refractivity contribution in [1.82, 2.24) is 15.1 Å². The van der Waals surface area contributed by atoms with Crippen LogP contribution in [0.3, 0.4) is 0 Å². The standard InChI is InChI=1S/C22H36N4O/c1-17(14-18-8-4-3-5-9-18)24-15-19-10-6-7-11-20(19)21-16-25(2)12-13-26(21)22(23)27/h6-7,10-11,17-18,21,24H,3-5,8-9,12-16H2,1-2H3,(H2,23,27). The first-order valence-electron chi connectivity index (χ1n) is 10.6. The minimum absolute atomic E-state index is 0.0351. The van der Waals surface area contributed by atoms with Crippen LogP contribution in [0.15, 0.2) is 24.3 Å². The average Bonchev–Trinajstić information content (AvgIpc) is 2.67. The third-order valence-electron chi connectivity index (χ3n) is 6.33. The first-order chi connectivity index (χ1) is 13.0. The van der Waals surface area contributed by atoms with Gasteiger partial charge in [-0.1, -0.05) is 56.4 Å². The van der Waals surface area contributed by atoms with Crippen LogP contribution in [-0.4, -0.2) is 48.6 Å². The number of piperazine rings is 1. The number of nitrogens with one attached hydrogen (secondary N) is 1. The molecular weight excluding hydrogens is 336 g/mol. The van der Waals surface area contributed by atoms with E-state index in [1.807, 2.05) is 4.90 Å². The molecule has 3 rings (SSSR count). The molecule has 1 aromatic carbocycles. The first kappa shape index (κ1) is 20.2. The largest absolute Gasteiger partial charge is 0.351 e. The highest BCUT2D eigenvalue weighted by molar-refractivity contribution is 5.73. The third-order valence-corrected chi connectivity index (χ3v) is 6.33. The Kier molecular flexibility index (Phi) is 7.13. The molecule has 5 heteroatoms. The molecule has 1 heterocycles. The highest BCUT2D eigenvalue weighted by Gasteiger charge is 2.30. The molecule has 1 saturated carbocycles. The molecule has 2 atom stereocenters. The number of carbonyl (C=O) groups excluding carboxylic acids is 1. The molecule has 0 spiro atoms. The topological polar surface area (TPSA) is 61.6 Å². The summed E-state index contributed by atoms with van der Waals surface area (Å²) in [6, 6.07) is 8.73. The fraction of sp³-hybridized carbons (Fsp3) is 0.682. The van der Waals surface area contributed by atoms with E-state index in [4.69, 9.17) is 5.73 Å². The van der Waals surface area contributed by atoms with Crippen LogP contribution in [0.25, 0.3) is 0 Å². The second-order valence-electron chi connectivity index (χ2n) is 8.53. The Labute approximate surface area is 164 Å². The molecule has 0 aromatic heterocycles. The summed E-state index contributed by atoms with van der Waals surface area (Å²) in [4.78, 5) is 16.1. The van der Waals surface area contributed by atoms with E-state index in [0.717, 1.165) is 25.6 Å². The Balaban J connectivity index is 1.65. The molecular formula is C22H36N4O. The van der Waals surface area contributed by atoms with Crippen LogP contribution in [0.4, 0.5) is 4.79 Å². The molecule has 2 unspecified atom stereocenters. The maximum absolute atomic E-state index is 12.0. The Morgan fingerprint density at radius 2 is 1.96 bits per heavy atom. The molecule has 27 heavy (non-hydrogen) atoms. The zero-order valence-electron chi connectivity index (χ0n) is 17.0. The van der Waals surface area contributed by atoms with E-state index in [9.17, 15) is 4.79 Å². The molecule has 2 fully saturated rings. The molecule has 0 bridgehead atoms. The number of nitrogens with zero attached hydrogens (tertiary/aromatic N) is 2. The van der Waals surface area contributed by atoms with Gasteiger partial charge in [0.15, 0.2) is 0 Å². The Hall–Kier alpha value is -1.59. The van der Waals surface area contributed by atoms with Gasteiger partial charge in [0.25, 0.3) is 0 Å². The van der Waals surface area contributed by atoms with Crippen LogP contribution in [0.5, 0.6) is 0 Å². The molecule has 2 amide bonds. The zero-order chi connectivity index (χ0) is 19.2. The lowest BCUT2D eigenvalue weighted by Crippen LogP contribution is -2.51. The molecule has 0 radical (unpaired) electrons. The van der Waals surface area contributed by atoms with Crippen molar-refractivity contribution in [2.75, 3.05) is 26.7 Å². The highest BCUT2D eigenvalue weighted by atomic mass is 16.2. The van der Waals surface area contributed by atoms with Crippen molar-refractivity contribution in [1.29, 1.82) is 0 Å². The van der Waals surface area contributed by atoms with Crippen molar-refractivity contribution >= 4 is 6.03 Å². The quantitative estimate of drug-likeness (QED) is 0.803. The summed E-state index contributed by atoms with van der Waals surface area (Å²) >= 11 is 0. The number of hydrogen-bond acceptors (Lipinski definition) is 3. The van der Waals surface area contributed by atoms with Gasteiger partial charge in [-0.25, -0.2) is 4.79 Å². The van der Waals surface area contributed by atoms with Crippen molar-refractivity contribution in [3.63, 3.8) is 0 Å². The third kappa shape index (κ3) is 5.45. The number of nitrogens with two attached hydrogens (primary N) is 1. The van der Waals surface area contributed by atoms with Crippen molar-refractivity contribution in [2.45, 2.75) is 64.1 Å². The van der Waals surface area contributed by atoms with Crippen LogP contribution < -0.4 is 11.1 Å². The predicted molar refractivity (Wildman–Crippen MR) is 110 cm³/mol. The predicted octanol–water partition coefficient (Wildman–Crippen LogP) is 3.50. The van der Waals surface area contributed by atoms with Crippen molar-refractivity contribution < 1.29 is 4.79 Å².